The predicted molar refractivity (Wildman–Crippen MR) is 79.6 cm³/mol. The number of pyridine rings is 1. The van der Waals surface area contributed by atoms with Gasteiger partial charge < -0.3 is 0 Å². The molecule has 0 fully saturated rings. The third-order valence-electron chi connectivity index (χ3n) is 3.00. The van der Waals surface area contributed by atoms with Gasteiger partial charge in [0.1, 0.15) is 0 Å². The number of fused-ring (bicyclic) bond motifs is 1. The van der Waals surface area contributed by atoms with Crippen LogP contribution in [0.5, 0.6) is 0 Å². The average molecular weight is 298 g/mol. The quantitative estimate of drug-likeness (QED) is 0.618. The van der Waals surface area contributed by atoms with Gasteiger partial charge in [0.05, 0.1) is 11.2 Å². The first-order valence-corrected chi connectivity index (χ1v) is 6.65. The van der Waals surface area contributed by atoms with Gasteiger partial charge in [0, 0.05) is 15.4 Å². The molecule has 2 aromatic carbocycles. The third-order valence-corrected chi connectivity index (χ3v) is 3.49. The monoisotopic (exact) mass is 297 g/mol. The first kappa shape index (κ1) is 11.4. The van der Waals surface area contributed by atoms with E-state index in [1.807, 2.05) is 12.1 Å². The first-order chi connectivity index (χ1) is 8.72. The van der Waals surface area contributed by atoms with E-state index in [0.717, 1.165) is 26.6 Å². The second kappa shape index (κ2) is 4.54. The molecule has 18 heavy (non-hydrogen) atoms. The van der Waals surface area contributed by atoms with Crippen molar-refractivity contribution in [1.82, 2.24) is 4.98 Å². The molecule has 2 heteroatoms. The van der Waals surface area contributed by atoms with Crippen LogP contribution < -0.4 is 0 Å². The molecular formula is C16H12BrN. The highest BCUT2D eigenvalue weighted by atomic mass is 79.9. The van der Waals surface area contributed by atoms with Gasteiger partial charge in [0.15, 0.2) is 0 Å². The molecule has 0 unspecified atom stereocenters. The minimum Gasteiger partial charge on any atom is -0.248 e. The maximum Gasteiger partial charge on any atom is 0.0720 e. The molecule has 0 radical (unpaired) electrons. The summed E-state index contributed by atoms with van der Waals surface area (Å²) >= 11 is 3.48. The molecule has 0 bridgehead atoms. The zero-order chi connectivity index (χ0) is 12.5. The Morgan fingerprint density at radius 1 is 0.889 bits per heavy atom. The molecular weight excluding hydrogens is 286 g/mol. The molecule has 0 spiro atoms. The molecule has 0 atom stereocenters. The largest absolute Gasteiger partial charge is 0.248 e. The maximum atomic E-state index is 4.71. The van der Waals surface area contributed by atoms with E-state index in [9.17, 15) is 0 Å². The van der Waals surface area contributed by atoms with Gasteiger partial charge in [-0.05, 0) is 25.1 Å². The molecule has 0 N–H and O–H groups in total. The SMILES string of the molecule is Cc1ccc(-c2ccc3ccc(Br)cc3n2)cc1. The smallest absolute Gasteiger partial charge is 0.0720 e. The Balaban J connectivity index is 2.15. The maximum absolute atomic E-state index is 4.71. The van der Waals surface area contributed by atoms with Gasteiger partial charge in [-0.3, -0.25) is 0 Å². The van der Waals surface area contributed by atoms with Crippen LogP contribution in [0.3, 0.4) is 0 Å². The Morgan fingerprint density at radius 2 is 1.61 bits per heavy atom. The Morgan fingerprint density at radius 3 is 2.39 bits per heavy atom. The Hall–Kier alpha value is -1.67. The van der Waals surface area contributed by atoms with E-state index < -0.39 is 0 Å². The summed E-state index contributed by atoms with van der Waals surface area (Å²) in [4.78, 5) is 4.71. The highest BCUT2D eigenvalue weighted by molar-refractivity contribution is 9.10. The summed E-state index contributed by atoms with van der Waals surface area (Å²) in [5.74, 6) is 0. The lowest BCUT2D eigenvalue weighted by Gasteiger charge is -2.04. The highest BCUT2D eigenvalue weighted by Gasteiger charge is 2.01. The van der Waals surface area contributed by atoms with E-state index in [4.69, 9.17) is 4.98 Å². The summed E-state index contributed by atoms with van der Waals surface area (Å²) in [6, 6.07) is 18.8. The number of hydrogen-bond acceptors (Lipinski definition) is 1. The number of hydrogen-bond donors (Lipinski definition) is 0. The molecule has 0 aliphatic heterocycles. The highest BCUT2D eigenvalue weighted by Crippen LogP contribution is 2.23. The standard InChI is InChI=1S/C16H12BrN/c1-11-2-4-12(5-3-11)15-9-7-13-6-8-14(17)10-16(13)18-15/h2-10H,1H3. The van der Waals surface area contributed by atoms with Gasteiger partial charge in [-0.15, -0.1) is 0 Å². The normalized spacial score (nSPS) is 10.8. The summed E-state index contributed by atoms with van der Waals surface area (Å²) in [5, 5.41) is 1.16. The van der Waals surface area contributed by atoms with Crippen molar-refractivity contribution >= 4 is 26.8 Å². The fourth-order valence-corrected chi connectivity index (χ4v) is 2.32. The molecule has 0 aliphatic carbocycles. The summed E-state index contributed by atoms with van der Waals surface area (Å²) in [7, 11) is 0. The number of aryl methyl sites for hydroxylation is 1. The van der Waals surface area contributed by atoms with Crippen molar-refractivity contribution in [3.8, 4) is 11.3 Å². The number of benzene rings is 2. The van der Waals surface area contributed by atoms with Crippen LogP contribution in [-0.4, -0.2) is 4.98 Å². The van der Waals surface area contributed by atoms with Crippen molar-refractivity contribution in [2.75, 3.05) is 0 Å². The average Bonchev–Trinajstić information content (AvgIpc) is 2.38. The van der Waals surface area contributed by atoms with Crippen LogP contribution in [0.15, 0.2) is 59.1 Å². The molecule has 3 aromatic rings. The van der Waals surface area contributed by atoms with Gasteiger partial charge in [-0.1, -0.05) is 57.9 Å². The van der Waals surface area contributed by atoms with Crippen molar-refractivity contribution < 1.29 is 0 Å². The molecule has 0 saturated carbocycles. The van der Waals surface area contributed by atoms with Crippen LogP contribution in [0.4, 0.5) is 0 Å². The number of halogens is 1. The van der Waals surface area contributed by atoms with Gasteiger partial charge in [-0.25, -0.2) is 4.98 Å². The van der Waals surface area contributed by atoms with Crippen LogP contribution in [0.2, 0.25) is 0 Å². The van der Waals surface area contributed by atoms with E-state index >= 15 is 0 Å². The molecule has 88 valence electrons. The Kier molecular flexibility index (Phi) is 2.88. The summed E-state index contributed by atoms with van der Waals surface area (Å²) in [6.07, 6.45) is 0. The van der Waals surface area contributed by atoms with E-state index in [1.165, 1.54) is 5.56 Å². The molecule has 1 aromatic heterocycles. The number of nitrogens with zero attached hydrogens (tertiary/aromatic N) is 1. The predicted octanol–water partition coefficient (Wildman–Crippen LogP) is 4.97. The van der Waals surface area contributed by atoms with Crippen LogP contribution >= 0.6 is 15.9 Å². The fourth-order valence-electron chi connectivity index (χ4n) is 1.98. The van der Waals surface area contributed by atoms with Crippen LogP contribution in [-0.2, 0) is 0 Å². The second-order valence-corrected chi connectivity index (χ2v) is 5.32. The van der Waals surface area contributed by atoms with Crippen LogP contribution in [0, 0.1) is 6.92 Å². The lowest BCUT2D eigenvalue weighted by atomic mass is 10.1. The summed E-state index contributed by atoms with van der Waals surface area (Å²) in [5.41, 5.74) is 4.45. The third kappa shape index (κ3) is 2.16. The first-order valence-electron chi connectivity index (χ1n) is 5.86. The van der Waals surface area contributed by atoms with Gasteiger partial charge >= 0.3 is 0 Å². The molecule has 0 amide bonds. The minimum atomic E-state index is 1.01. The van der Waals surface area contributed by atoms with Crippen LogP contribution in [0.25, 0.3) is 22.2 Å². The summed E-state index contributed by atoms with van der Waals surface area (Å²) < 4.78 is 1.06. The minimum absolute atomic E-state index is 1.01. The number of aromatic nitrogens is 1. The fraction of sp³-hybridized carbons (Fsp3) is 0.0625. The van der Waals surface area contributed by atoms with E-state index in [-0.39, 0.29) is 0 Å². The van der Waals surface area contributed by atoms with E-state index in [1.54, 1.807) is 0 Å². The van der Waals surface area contributed by atoms with Crippen molar-refractivity contribution in [3.05, 3.63) is 64.6 Å². The van der Waals surface area contributed by atoms with Gasteiger partial charge in [0.25, 0.3) is 0 Å². The molecule has 1 nitrogen and oxygen atoms in total. The second-order valence-electron chi connectivity index (χ2n) is 4.40. The number of rotatable bonds is 1. The Labute approximate surface area is 115 Å². The molecule has 3 rings (SSSR count). The van der Waals surface area contributed by atoms with Crippen molar-refractivity contribution in [3.63, 3.8) is 0 Å². The van der Waals surface area contributed by atoms with Crippen molar-refractivity contribution in [1.29, 1.82) is 0 Å². The van der Waals surface area contributed by atoms with Crippen molar-refractivity contribution in [2.24, 2.45) is 0 Å². The molecule has 0 saturated heterocycles. The van der Waals surface area contributed by atoms with Gasteiger partial charge in [-0.2, -0.15) is 0 Å². The van der Waals surface area contributed by atoms with Gasteiger partial charge in [0.2, 0.25) is 0 Å². The summed E-state index contributed by atoms with van der Waals surface area (Å²) in [6.45, 7) is 2.09. The zero-order valence-electron chi connectivity index (χ0n) is 10.0. The molecule has 1 heterocycles. The van der Waals surface area contributed by atoms with E-state index in [0.29, 0.717) is 0 Å². The topological polar surface area (TPSA) is 12.9 Å². The lowest BCUT2D eigenvalue weighted by Crippen LogP contribution is -1.85. The van der Waals surface area contributed by atoms with E-state index in [2.05, 4.69) is 65.3 Å². The molecule has 0 aliphatic rings. The lowest BCUT2D eigenvalue weighted by molar-refractivity contribution is 1.38. The van der Waals surface area contributed by atoms with Crippen molar-refractivity contribution in [2.45, 2.75) is 6.92 Å². The van der Waals surface area contributed by atoms with Crippen LogP contribution in [0.1, 0.15) is 5.56 Å². The Bertz CT molecular complexity index is 702. The zero-order valence-corrected chi connectivity index (χ0v) is 11.6.